The van der Waals surface area contributed by atoms with Crippen molar-refractivity contribution in [3.8, 4) is 0 Å². The Morgan fingerprint density at radius 3 is 1.95 bits per heavy atom. The van der Waals surface area contributed by atoms with Gasteiger partial charge in [-0.25, -0.2) is 0 Å². The van der Waals surface area contributed by atoms with Gasteiger partial charge in [-0.05, 0) is 30.4 Å². The van der Waals surface area contributed by atoms with Crippen LogP contribution in [0.5, 0.6) is 0 Å². The van der Waals surface area contributed by atoms with Crippen molar-refractivity contribution in [2.45, 2.75) is 63.8 Å². The second-order valence-corrected chi connectivity index (χ2v) is 6.19. The molecule has 4 N–H and O–H groups in total. The summed E-state index contributed by atoms with van der Waals surface area (Å²) >= 11 is 0. The average Bonchev–Trinajstić information content (AvgIpc) is 2.52. The molecule has 3 heteroatoms. The number of unbranched alkanes of at least 4 members (excludes halogenated alkanes) is 5. The topological polar surface area (TPSA) is 66.5 Å². The summed E-state index contributed by atoms with van der Waals surface area (Å²) in [5.41, 5.74) is 7.40. The molecule has 3 nitrogen and oxygen atoms in total. The van der Waals surface area contributed by atoms with Crippen LogP contribution in [0.4, 0.5) is 0 Å². The molecule has 0 spiro atoms. The normalized spacial score (nSPS) is 11.8. The van der Waals surface area contributed by atoms with Crippen molar-refractivity contribution in [2.75, 3.05) is 13.2 Å². The summed E-state index contributed by atoms with van der Waals surface area (Å²) in [6.45, 7) is 1.83. The van der Waals surface area contributed by atoms with Crippen LogP contribution in [0.25, 0.3) is 0 Å². The first-order valence-electron chi connectivity index (χ1n) is 8.22. The summed E-state index contributed by atoms with van der Waals surface area (Å²) in [5.74, 6) is 0. The van der Waals surface area contributed by atoms with Gasteiger partial charge in [0.25, 0.3) is 0 Å². The first-order chi connectivity index (χ1) is 10.1. The molecule has 0 aliphatic heterocycles. The molecule has 0 unspecified atom stereocenters. The Labute approximate surface area is 129 Å². The summed E-state index contributed by atoms with van der Waals surface area (Å²) in [6, 6.07) is 8.38. The fraction of sp³-hybridized carbons (Fsp3) is 0.667. The maximum atomic E-state index is 9.22. The number of rotatable bonds is 11. The van der Waals surface area contributed by atoms with E-state index >= 15 is 0 Å². The van der Waals surface area contributed by atoms with Gasteiger partial charge < -0.3 is 15.9 Å². The molecule has 0 bridgehead atoms. The van der Waals surface area contributed by atoms with Gasteiger partial charge in [0.15, 0.2) is 0 Å². The summed E-state index contributed by atoms with van der Waals surface area (Å²) in [5, 5.41) is 18.4. The predicted molar refractivity (Wildman–Crippen MR) is 88.3 cm³/mol. The Bertz CT molecular complexity index is 371. The highest BCUT2D eigenvalue weighted by Gasteiger charge is 2.23. The summed E-state index contributed by atoms with van der Waals surface area (Å²) in [7, 11) is 0. The number of benzene rings is 1. The lowest BCUT2D eigenvalue weighted by Gasteiger charge is -2.24. The van der Waals surface area contributed by atoms with Crippen molar-refractivity contribution in [1.82, 2.24) is 0 Å². The van der Waals surface area contributed by atoms with Crippen LogP contribution < -0.4 is 5.73 Å². The van der Waals surface area contributed by atoms with Gasteiger partial charge in [0, 0.05) is 0 Å². The molecule has 120 valence electrons. The largest absolute Gasteiger partial charge is 0.394 e. The number of nitrogens with two attached hydrogens (primary N) is 1. The van der Waals surface area contributed by atoms with Gasteiger partial charge in [-0.3, -0.25) is 0 Å². The van der Waals surface area contributed by atoms with Gasteiger partial charge in [-0.2, -0.15) is 0 Å². The Morgan fingerprint density at radius 1 is 0.857 bits per heavy atom. The van der Waals surface area contributed by atoms with Crippen molar-refractivity contribution >= 4 is 0 Å². The molecule has 0 radical (unpaired) electrons. The lowest BCUT2D eigenvalue weighted by atomic mass is 9.92. The molecule has 0 aliphatic carbocycles. The fourth-order valence-corrected chi connectivity index (χ4v) is 2.50. The van der Waals surface area contributed by atoms with E-state index in [0.29, 0.717) is 6.42 Å². The highest BCUT2D eigenvalue weighted by atomic mass is 16.3. The molecule has 1 aromatic rings. The molecular weight excluding hydrogens is 262 g/mol. The van der Waals surface area contributed by atoms with E-state index in [9.17, 15) is 10.2 Å². The standard InChI is InChI=1S/C18H31NO2/c1-2-3-4-5-6-7-8-16-9-11-17(12-10-16)13-18(19,14-20)15-21/h9-12,20-21H,2-8,13-15,19H2,1H3. The van der Waals surface area contributed by atoms with Crippen molar-refractivity contribution in [3.63, 3.8) is 0 Å². The molecular formula is C18H31NO2. The third-order valence-electron chi connectivity index (χ3n) is 4.03. The van der Waals surface area contributed by atoms with Crippen molar-refractivity contribution in [3.05, 3.63) is 35.4 Å². The zero-order chi connectivity index (χ0) is 15.6. The number of hydrogen-bond donors (Lipinski definition) is 3. The van der Waals surface area contributed by atoms with Gasteiger partial charge in [0.05, 0.1) is 18.8 Å². The summed E-state index contributed by atoms with van der Waals surface area (Å²) < 4.78 is 0. The zero-order valence-corrected chi connectivity index (χ0v) is 13.4. The molecule has 0 atom stereocenters. The molecule has 1 rings (SSSR count). The maximum Gasteiger partial charge on any atom is 0.0663 e. The first kappa shape index (κ1) is 18.1. The molecule has 0 aromatic heterocycles. The Kier molecular flexibility index (Phi) is 8.58. The van der Waals surface area contributed by atoms with Crippen LogP contribution in [-0.2, 0) is 12.8 Å². The second kappa shape index (κ2) is 9.93. The second-order valence-electron chi connectivity index (χ2n) is 6.19. The summed E-state index contributed by atoms with van der Waals surface area (Å²) in [4.78, 5) is 0. The van der Waals surface area contributed by atoms with Crippen LogP contribution in [0.2, 0.25) is 0 Å². The Balaban J connectivity index is 2.33. The van der Waals surface area contributed by atoms with Crippen molar-refractivity contribution in [1.29, 1.82) is 0 Å². The van der Waals surface area contributed by atoms with Crippen molar-refractivity contribution < 1.29 is 10.2 Å². The predicted octanol–water partition coefficient (Wildman–Crippen LogP) is 2.81. The lowest BCUT2D eigenvalue weighted by molar-refractivity contribution is 0.121. The molecule has 0 amide bonds. The Morgan fingerprint density at radius 2 is 1.38 bits per heavy atom. The van der Waals surface area contributed by atoms with Crippen LogP contribution in [0, 0.1) is 0 Å². The summed E-state index contributed by atoms with van der Waals surface area (Å²) in [6.07, 6.45) is 9.53. The molecule has 0 fully saturated rings. The van der Waals surface area contributed by atoms with Gasteiger partial charge in [-0.1, -0.05) is 63.3 Å². The minimum atomic E-state index is -0.916. The Hall–Kier alpha value is -0.900. The lowest BCUT2D eigenvalue weighted by Crippen LogP contribution is -2.49. The van der Waals surface area contributed by atoms with E-state index in [1.165, 1.54) is 44.1 Å². The zero-order valence-electron chi connectivity index (χ0n) is 13.4. The van der Waals surface area contributed by atoms with Crippen LogP contribution in [0.1, 0.15) is 56.6 Å². The number of aliphatic hydroxyl groups excluding tert-OH is 2. The third kappa shape index (κ3) is 7.07. The number of aryl methyl sites for hydroxylation is 1. The minimum absolute atomic E-state index is 0.205. The number of hydrogen-bond acceptors (Lipinski definition) is 3. The minimum Gasteiger partial charge on any atom is -0.394 e. The van der Waals surface area contributed by atoms with Gasteiger partial charge in [0.1, 0.15) is 0 Å². The highest BCUT2D eigenvalue weighted by Crippen LogP contribution is 2.14. The van der Waals surface area contributed by atoms with Gasteiger partial charge in [0.2, 0.25) is 0 Å². The fourth-order valence-electron chi connectivity index (χ4n) is 2.50. The van der Waals surface area contributed by atoms with Crippen LogP contribution in [0.3, 0.4) is 0 Å². The van der Waals surface area contributed by atoms with E-state index in [-0.39, 0.29) is 13.2 Å². The van der Waals surface area contributed by atoms with E-state index < -0.39 is 5.54 Å². The number of aliphatic hydroxyl groups is 2. The van der Waals surface area contributed by atoms with Gasteiger partial charge >= 0.3 is 0 Å². The van der Waals surface area contributed by atoms with E-state index in [2.05, 4.69) is 31.2 Å². The molecule has 1 aromatic carbocycles. The van der Waals surface area contributed by atoms with E-state index in [4.69, 9.17) is 5.73 Å². The van der Waals surface area contributed by atoms with E-state index in [1.54, 1.807) is 0 Å². The van der Waals surface area contributed by atoms with Crippen molar-refractivity contribution in [2.24, 2.45) is 5.73 Å². The monoisotopic (exact) mass is 293 g/mol. The van der Waals surface area contributed by atoms with E-state index in [0.717, 1.165) is 12.0 Å². The van der Waals surface area contributed by atoms with Crippen LogP contribution in [-0.4, -0.2) is 29.0 Å². The molecule has 0 saturated heterocycles. The maximum absolute atomic E-state index is 9.22. The smallest absolute Gasteiger partial charge is 0.0663 e. The SMILES string of the molecule is CCCCCCCCc1ccc(CC(N)(CO)CO)cc1. The van der Waals surface area contributed by atoms with E-state index in [1.807, 2.05) is 0 Å². The quantitative estimate of drug-likeness (QED) is 0.550. The molecule has 21 heavy (non-hydrogen) atoms. The molecule has 0 aliphatic rings. The molecule has 0 saturated carbocycles. The first-order valence-corrected chi connectivity index (χ1v) is 8.22. The van der Waals surface area contributed by atoms with Gasteiger partial charge in [-0.15, -0.1) is 0 Å². The third-order valence-corrected chi connectivity index (χ3v) is 4.03. The average molecular weight is 293 g/mol. The highest BCUT2D eigenvalue weighted by molar-refractivity contribution is 5.24. The van der Waals surface area contributed by atoms with Crippen LogP contribution >= 0.6 is 0 Å². The van der Waals surface area contributed by atoms with Crippen LogP contribution in [0.15, 0.2) is 24.3 Å². The molecule has 0 heterocycles.